The first kappa shape index (κ1) is 23.0. The number of thiophene rings is 1. The van der Waals surface area contributed by atoms with E-state index < -0.39 is 18.6 Å². The molecule has 0 saturated heterocycles. The molecular formula is C14H22F3IN4OS. The number of amides is 1. The fourth-order valence-electron chi connectivity index (χ4n) is 1.72. The molecule has 5 nitrogen and oxygen atoms in total. The highest BCUT2D eigenvalue weighted by Crippen LogP contribution is 2.15. The zero-order valence-corrected chi connectivity index (χ0v) is 16.9. The van der Waals surface area contributed by atoms with E-state index in [2.05, 4.69) is 15.6 Å². The Hall–Kier alpha value is -1.04. The molecule has 1 aromatic rings. The van der Waals surface area contributed by atoms with Crippen LogP contribution in [0.15, 0.2) is 17.1 Å². The summed E-state index contributed by atoms with van der Waals surface area (Å²) >= 11 is 1.64. The third-order valence-electron chi connectivity index (χ3n) is 2.78. The highest BCUT2D eigenvalue weighted by Gasteiger charge is 2.30. The van der Waals surface area contributed by atoms with E-state index in [1.165, 1.54) is 4.88 Å². The predicted octanol–water partition coefficient (Wildman–Crippen LogP) is 2.75. The largest absolute Gasteiger partial charge is 0.406 e. The summed E-state index contributed by atoms with van der Waals surface area (Å²) in [5.74, 6) is -0.293. The van der Waals surface area contributed by atoms with Crippen molar-refractivity contribution in [1.82, 2.24) is 15.5 Å². The molecule has 0 atom stereocenters. The van der Waals surface area contributed by atoms with E-state index in [9.17, 15) is 18.0 Å². The van der Waals surface area contributed by atoms with Gasteiger partial charge in [-0.15, -0.1) is 35.3 Å². The third-order valence-corrected chi connectivity index (χ3v) is 3.79. The van der Waals surface area contributed by atoms with Crippen molar-refractivity contribution < 1.29 is 18.0 Å². The molecule has 1 amide bonds. The maximum absolute atomic E-state index is 12.2. The van der Waals surface area contributed by atoms with E-state index in [-0.39, 0.29) is 30.5 Å². The molecule has 1 aromatic heterocycles. The zero-order valence-electron chi connectivity index (χ0n) is 13.7. The van der Waals surface area contributed by atoms with Gasteiger partial charge in [-0.3, -0.25) is 4.79 Å². The smallest absolute Gasteiger partial charge is 0.357 e. The number of aliphatic imine (C=N–C) groups is 1. The van der Waals surface area contributed by atoms with Crippen LogP contribution in [0.2, 0.25) is 0 Å². The Balaban J connectivity index is 0.00000529. The van der Waals surface area contributed by atoms with Crippen LogP contribution < -0.4 is 10.6 Å². The van der Waals surface area contributed by atoms with Crippen molar-refractivity contribution in [2.45, 2.75) is 26.6 Å². The quantitative estimate of drug-likeness (QED) is 0.376. The van der Waals surface area contributed by atoms with Crippen LogP contribution >= 0.6 is 35.3 Å². The summed E-state index contributed by atoms with van der Waals surface area (Å²) in [6, 6.07) is 3.99. The fraction of sp³-hybridized carbons (Fsp3) is 0.571. The molecule has 1 rings (SSSR count). The van der Waals surface area contributed by atoms with Crippen LogP contribution in [0.1, 0.15) is 16.7 Å². The number of guanidine groups is 1. The van der Waals surface area contributed by atoms with Gasteiger partial charge in [-0.25, -0.2) is 4.99 Å². The minimum absolute atomic E-state index is 0. The molecule has 0 bridgehead atoms. The number of alkyl halides is 3. The molecule has 0 fully saturated rings. The van der Waals surface area contributed by atoms with Crippen molar-refractivity contribution in [1.29, 1.82) is 0 Å². The first-order chi connectivity index (χ1) is 10.7. The second-order valence-electron chi connectivity index (χ2n) is 4.93. The molecule has 0 aromatic carbocycles. The summed E-state index contributed by atoms with van der Waals surface area (Å²) in [6.45, 7) is 3.37. The van der Waals surface area contributed by atoms with Crippen LogP contribution in [0, 0.1) is 6.92 Å². The van der Waals surface area contributed by atoms with Gasteiger partial charge in [0.15, 0.2) is 5.96 Å². The lowest BCUT2D eigenvalue weighted by atomic mass is 10.4. The second-order valence-corrected chi connectivity index (χ2v) is 6.30. The lowest BCUT2D eigenvalue weighted by Gasteiger charge is -2.18. The van der Waals surface area contributed by atoms with Gasteiger partial charge in [0, 0.05) is 23.3 Å². The van der Waals surface area contributed by atoms with Gasteiger partial charge in [0.2, 0.25) is 5.91 Å². The number of halogens is 4. The molecular weight excluding hydrogens is 456 g/mol. The van der Waals surface area contributed by atoms with E-state index in [0.717, 1.165) is 11.9 Å². The van der Waals surface area contributed by atoms with Gasteiger partial charge in [0.1, 0.15) is 13.1 Å². The van der Waals surface area contributed by atoms with E-state index in [1.807, 2.05) is 26.0 Å². The lowest BCUT2D eigenvalue weighted by Crippen LogP contribution is -2.40. The van der Waals surface area contributed by atoms with Gasteiger partial charge < -0.3 is 15.5 Å². The molecule has 1 heterocycles. The number of carbonyl (C=O) groups is 1. The summed E-state index contributed by atoms with van der Waals surface area (Å²) < 4.78 is 36.7. The van der Waals surface area contributed by atoms with Crippen molar-refractivity contribution in [2.75, 3.05) is 26.7 Å². The first-order valence-electron chi connectivity index (χ1n) is 7.09. The average molecular weight is 478 g/mol. The molecule has 10 heteroatoms. The highest BCUT2D eigenvalue weighted by atomic mass is 127. The van der Waals surface area contributed by atoms with Crippen LogP contribution in [0.4, 0.5) is 13.2 Å². The number of carbonyl (C=O) groups excluding carboxylic acids is 1. The van der Waals surface area contributed by atoms with E-state index in [1.54, 1.807) is 11.3 Å². The number of likely N-dealkylation sites (N-methyl/N-ethyl adjacent to an activating group) is 1. The Kier molecular flexibility index (Phi) is 10.3. The Bertz CT molecular complexity index is 548. The van der Waals surface area contributed by atoms with Crippen molar-refractivity contribution in [3.63, 3.8) is 0 Å². The third kappa shape index (κ3) is 9.30. The molecule has 2 N–H and O–H groups in total. The zero-order chi connectivity index (χ0) is 17.5. The van der Waals surface area contributed by atoms with Crippen molar-refractivity contribution in [3.8, 4) is 0 Å². The second kappa shape index (κ2) is 10.7. The van der Waals surface area contributed by atoms with Crippen LogP contribution in [0.3, 0.4) is 0 Å². The molecule has 0 aliphatic heterocycles. The minimum Gasteiger partial charge on any atom is -0.357 e. The van der Waals surface area contributed by atoms with Crippen LogP contribution in [0.5, 0.6) is 0 Å². The van der Waals surface area contributed by atoms with Crippen molar-refractivity contribution >= 4 is 47.2 Å². The van der Waals surface area contributed by atoms with E-state index in [4.69, 9.17) is 0 Å². The van der Waals surface area contributed by atoms with Crippen LogP contribution in [0.25, 0.3) is 0 Å². The van der Waals surface area contributed by atoms with E-state index in [0.29, 0.717) is 23.9 Å². The number of rotatable bonds is 6. The molecule has 0 radical (unpaired) electrons. The molecule has 0 unspecified atom stereocenters. The number of hydrogen-bond acceptors (Lipinski definition) is 3. The number of hydrogen-bond donors (Lipinski definition) is 2. The summed E-state index contributed by atoms with van der Waals surface area (Å²) in [4.78, 5) is 18.6. The van der Waals surface area contributed by atoms with Gasteiger partial charge in [0.25, 0.3) is 0 Å². The maximum Gasteiger partial charge on any atom is 0.406 e. The normalized spacial score (nSPS) is 11.7. The number of nitrogens with one attached hydrogen (secondary N) is 2. The summed E-state index contributed by atoms with van der Waals surface area (Å²) in [7, 11) is 1.11. The summed E-state index contributed by atoms with van der Waals surface area (Å²) in [5, 5.41) is 6.00. The molecule has 138 valence electrons. The summed E-state index contributed by atoms with van der Waals surface area (Å²) in [6.07, 6.45) is -4.41. The highest BCUT2D eigenvalue weighted by molar-refractivity contribution is 14.0. The standard InChI is InChI=1S/C14H21F3N4OS.HI/c1-4-18-13(19-7-11-6-5-10(2)23-11)20-8-12(22)21(3)9-14(15,16)17;/h5-6H,4,7-9H2,1-3H3,(H2,18,19,20);1H. The molecule has 24 heavy (non-hydrogen) atoms. The minimum atomic E-state index is -4.41. The number of nitrogens with zero attached hydrogens (tertiary/aromatic N) is 2. The number of aryl methyl sites for hydroxylation is 1. The molecule has 0 saturated carbocycles. The van der Waals surface area contributed by atoms with Gasteiger partial charge in [-0.2, -0.15) is 13.2 Å². The van der Waals surface area contributed by atoms with Crippen molar-refractivity contribution in [3.05, 3.63) is 21.9 Å². The van der Waals surface area contributed by atoms with Crippen LogP contribution in [-0.2, 0) is 11.3 Å². The molecule has 0 aliphatic rings. The first-order valence-corrected chi connectivity index (χ1v) is 7.91. The molecule has 0 spiro atoms. The fourth-order valence-corrected chi connectivity index (χ4v) is 2.55. The van der Waals surface area contributed by atoms with Crippen molar-refractivity contribution in [2.24, 2.45) is 4.99 Å². The predicted molar refractivity (Wildman–Crippen MR) is 101 cm³/mol. The van der Waals surface area contributed by atoms with Gasteiger partial charge in [-0.05, 0) is 26.0 Å². The van der Waals surface area contributed by atoms with E-state index >= 15 is 0 Å². The monoisotopic (exact) mass is 478 g/mol. The Labute approximate surface area is 160 Å². The average Bonchev–Trinajstić information content (AvgIpc) is 2.85. The SMILES string of the molecule is CCNC(=NCC(=O)N(C)CC(F)(F)F)NCc1ccc(C)s1.I. The summed E-state index contributed by atoms with van der Waals surface area (Å²) in [5.41, 5.74) is 0. The maximum atomic E-state index is 12.2. The van der Waals surface area contributed by atoms with Gasteiger partial charge >= 0.3 is 6.18 Å². The topological polar surface area (TPSA) is 56.7 Å². The Morgan fingerprint density at radius 3 is 2.50 bits per heavy atom. The van der Waals surface area contributed by atoms with Gasteiger partial charge in [0.05, 0.1) is 6.54 Å². The Morgan fingerprint density at radius 1 is 1.33 bits per heavy atom. The lowest BCUT2D eigenvalue weighted by molar-refractivity contribution is -0.157. The Morgan fingerprint density at radius 2 is 2.00 bits per heavy atom. The van der Waals surface area contributed by atoms with Crippen LogP contribution in [-0.4, -0.2) is 49.6 Å². The molecule has 0 aliphatic carbocycles. The van der Waals surface area contributed by atoms with Gasteiger partial charge in [-0.1, -0.05) is 0 Å².